The van der Waals surface area contributed by atoms with Crippen LogP contribution in [0.15, 0.2) is 0 Å². The van der Waals surface area contributed by atoms with Crippen LogP contribution in [0.3, 0.4) is 0 Å². The van der Waals surface area contributed by atoms with E-state index < -0.39 is 6.10 Å². The monoisotopic (exact) mass is 240 g/mol. The van der Waals surface area contributed by atoms with Crippen molar-refractivity contribution >= 4 is 5.97 Å². The third kappa shape index (κ3) is 2.49. The lowest BCUT2D eigenvalue weighted by Crippen LogP contribution is -2.34. The Bertz CT molecular complexity index is 277. The van der Waals surface area contributed by atoms with Gasteiger partial charge in [-0.1, -0.05) is 26.7 Å². The molecular formula is C14H24O3. The van der Waals surface area contributed by atoms with E-state index in [0.29, 0.717) is 24.9 Å². The minimum atomic E-state index is -0.480. The van der Waals surface area contributed by atoms with Gasteiger partial charge >= 0.3 is 5.97 Å². The number of carbonyl (C=O) groups excluding carboxylic acids is 1. The highest BCUT2D eigenvalue weighted by molar-refractivity contribution is 5.74. The van der Waals surface area contributed by atoms with E-state index in [1.807, 2.05) is 0 Å². The molecule has 1 saturated carbocycles. The Hall–Kier alpha value is -0.570. The molecule has 2 rings (SSSR count). The molecule has 0 radical (unpaired) electrons. The topological polar surface area (TPSA) is 46.5 Å². The first-order chi connectivity index (χ1) is 8.17. The molecule has 2 fully saturated rings. The van der Waals surface area contributed by atoms with E-state index in [1.54, 1.807) is 0 Å². The summed E-state index contributed by atoms with van der Waals surface area (Å²) < 4.78 is 4.97. The summed E-state index contributed by atoms with van der Waals surface area (Å²) in [4.78, 5) is 11.5. The van der Waals surface area contributed by atoms with Crippen molar-refractivity contribution in [2.45, 2.75) is 52.1 Å². The fourth-order valence-corrected chi connectivity index (χ4v) is 3.62. The van der Waals surface area contributed by atoms with Crippen molar-refractivity contribution in [3.63, 3.8) is 0 Å². The first kappa shape index (κ1) is 12.9. The highest BCUT2D eigenvalue weighted by Crippen LogP contribution is 2.44. The van der Waals surface area contributed by atoms with Gasteiger partial charge in [-0.2, -0.15) is 0 Å². The number of ether oxygens (including phenoxy) is 1. The number of carbonyl (C=O) groups is 1. The smallest absolute Gasteiger partial charge is 0.311 e. The molecule has 0 bridgehead atoms. The molecule has 5 atom stereocenters. The lowest BCUT2D eigenvalue weighted by Gasteiger charge is -2.26. The average molecular weight is 240 g/mol. The minimum absolute atomic E-state index is 0.188. The van der Waals surface area contributed by atoms with Gasteiger partial charge in [0, 0.05) is 0 Å². The van der Waals surface area contributed by atoms with Crippen LogP contribution in [-0.4, -0.2) is 23.8 Å². The van der Waals surface area contributed by atoms with Gasteiger partial charge in [0.05, 0.1) is 18.6 Å². The van der Waals surface area contributed by atoms with E-state index >= 15 is 0 Å². The van der Waals surface area contributed by atoms with Gasteiger partial charge in [-0.25, -0.2) is 0 Å². The second-order valence-corrected chi connectivity index (χ2v) is 5.63. The molecule has 0 spiro atoms. The van der Waals surface area contributed by atoms with Crippen LogP contribution in [0.2, 0.25) is 0 Å². The second kappa shape index (κ2) is 5.38. The molecule has 0 aromatic rings. The fourth-order valence-electron chi connectivity index (χ4n) is 3.62. The van der Waals surface area contributed by atoms with Gasteiger partial charge in [0.1, 0.15) is 0 Å². The van der Waals surface area contributed by atoms with Crippen LogP contribution in [0, 0.1) is 23.7 Å². The third-order valence-corrected chi connectivity index (χ3v) is 4.78. The first-order valence-electron chi connectivity index (χ1n) is 7.02. The quantitative estimate of drug-likeness (QED) is 0.767. The predicted octanol–water partition coefficient (Wildman–Crippen LogP) is 2.37. The van der Waals surface area contributed by atoms with E-state index in [4.69, 9.17) is 4.74 Å². The third-order valence-electron chi connectivity index (χ3n) is 4.78. The zero-order valence-electron chi connectivity index (χ0n) is 10.9. The van der Waals surface area contributed by atoms with Gasteiger partial charge < -0.3 is 9.84 Å². The van der Waals surface area contributed by atoms with Crippen LogP contribution < -0.4 is 0 Å². The summed E-state index contributed by atoms with van der Waals surface area (Å²) in [7, 11) is 0. The normalized spacial score (nSPS) is 39.4. The maximum absolute atomic E-state index is 11.5. The largest absolute Gasteiger partial charge is 0.465 e. The van der Waals surface area contributed by atoms with Crippen molar-refractivity contribution in [2.24, 2.45) is 23.7 Å². The molecule has 0 aromatic heterocycles. The first-order valence-corrected chi connectivity index (χ1v) is 7.02. The van der Waals surface area contributed by atoms with Crippen LogP contribution >= 0.6 is 0 Å². The Morgan fingerprint density at radius 1 is 1.35 bits per heavy atom. The maximum atomic E-state index is 11.5. The summed E-state index contributed by atoms with van der Waals surface area (Å²) in [5.41, 5.74) is 0. The zero-order valence-corrected chi connectivity index (χ0v) is 10.9. The molecule has 5 unspecified atom stereocenters. The van der Waals surface area contributed by atoms with Crippen molar-refractivity contribution < 1.29 is 14.6 Å². The van der Waals surface area contributed by atoms with Crippen LogP contribution in [0.25, 0.3) is 0 Å². The van der Waals surface area contributed by atoms with E-state index in [1.165, 1.54) is 12.8 Å². The number of rotatable bonds is 4. The summed E-state index contributed by atoms with van der Waals surface area (Å²) in [6.07, 6.45) is 4.82. The second-order valence-electron chi connectivity index (χ2n) is 5.63. The van der Waals surface area contributed by atoms with Gasteiger partial charge in [0.15, 0.2) is 0 Å². The number of aliphatic hydroxyl groups excluding tert-OH is 1. The lowest BCUT2D eigenvalue weighted by molar-refractivity contribution is -0.145. The van der Waals surface area contributed by atoms with Crippen molar-refractivity contribution in [3.05, 3.63) is 0 Å². The van der Waals surface area contributed by atoms with Crippen molar-refractivity contribution in [2.75, 3.05) is 6.61 Å². The summed E-state index contributed by atoms with van der Waals surface area (Å²) >= 11 is 0. The Balaban J connectivity index is 2.02. The molecule has 0 aromatic carbocycles. The molecular weight excluding hydrogens is 216 g/mol. The van der Waals surface area contributed by atoms with Crippen molar-refractivity contribution in [1.82, 2.24) is 0 Å². The van der Waals surface area contributed by atoms with Crippen LogP contribution in [0.1, 0.15) is 46.0 Å². The van der Waals surface area contributed by atoms with Gasteiger partial charge in [0.2, 0.25) is 0 Å². The van der Waals surface area contributed by atoms with Crippen LogP contribution in [0.5, 0.6) is 0 Å². The summed E-state index contributed by atoms with van der Waals surface area (Å²) in [5, 5.41) is 10.4. The molecule has 2 aliphatic rings. The SMILES string of the molecule is CCC1CC(CC)C(C(O)C2CCOC2=O)C1. The molecule has 1 N–H and O–H groups in total. The van der Waals surface area contributed by atoms with Gasteiger partial charge in [-0.05, 0) is 37.0 Å². The molecule has 1 saturated heterocycles. The Morgan fingerprint density at radius 3 is 2.65 bits per heavy atom. The molecule has 17 heavy (non-hydrogen) atoms. The molecule has 3 nitrogen and oxygen atoms in total. The average Bonchev–Trinajstić information content (AvgIpc) is 2.93. The highest BCUT2D eigenvalue weighted by Gasteiger charge is 2.43. The Labute approximate surface area is 104 Å². The van der Waals surface area contributed by atoms with E-state index in [0.717, 1.165) is 18.8 Å². The number of hydrogen-bond acceptors (Lipinski definition) is 3. The van der Waals surface area contributed by atoms with Crippen molar-refractivity contribution in [1.29, 1.82) is 0 Å². The predicted molar refractivity (Wildman–Crippen MR) is 65.4 cm³/mol. The van der Waals surface area contributed by atoms with E-state index in [2.05, 4.69) is 13.8 Å². The number of cyclic esters (lactones) is 1. The van der Waals surface area contributed by atoms with Gasteiger partial charge in [-0.3, -0.25) is 4.79 Å². The number of aliphatic hydroxyl groups is 1. The van der Waals surface area contributed by atoms with E-state index in [9.17, 15) is 9.90 Å². The standard InChI is InChI=1S/C14H24O3/c1-3-9-7-10(4-2)12(8-9)13(15)11-5-6-17-14(11)16/h9-13,15H,3-8H2,1-2H3. The van der Waals surface area contributed by atoms with E-state index in [-0.39, 0.29) is 11.9 Å². The summed E-state index contributed by atoms with van der Waals surface area (Å²) in [6.45, 7) is 4.90. The molecule has 1 aliphatic carbocycles. The van der Waals surface area contributed by atoms with Gasteiger partial charge in [0.25, 0.3) is 0 Å². The Morgan fingerprint density at radius 2 is 2.12 bits per heavy atom. The molecule has 1 aliphatic heterocycles. The summed E-state index contributed by atoms with van der Waals surface area (Å²) in [6, 6.07) is 0. The van der Waals surface area contributed by atoms with Crippen LogP contribution in [0.4, 0.5) is 0 Å². The Kier molecular flexibility index (Phi) is 4.08. The molecule has 3 heteroatoms. The van der Waals surface area contributed by atoms with Crippen LogP contribution in [-0.2, 0) is 9.53 Å². The highest BCUT2D eigenvalue weighted by atomic mass is 16.5. The minimum Gasteiger partial charge on any atom is -0.465 e. The molecule has 98 valence electrons. The maximum Gasteiger partial charge on any atom is 0.311 e. The summed E-state index contributed by atoms with van der Waals surface area (Å²) in [5.74, 6) is 1.18. The number of esters is 1. The lowest BCUT2D eigenvalue weighted by atomic mass is 9.82. The van der Waals surface area contributed by atoms with Crippen molar-refractivity contribution in [3.8, 4) is 0 Å². The molecule has 1 heterocycles. The van der Waals surface area contributed by atoms with Gasteiger partial charge in [-0.15, -0.1) is 0 Å². The fraction of sp³-hybridized carbons (Fsp3) is 0.929. The molecule has 0 amide bonds. The number of hydrogen-bond donors (Lipinski definition) is 1. The zero-order chi connectivity index (χ0) is 12.4.